The molecular weight excluding hydrogens is 256 g/mol. The van der Waals surface area contributed by atoms with Crippen molar-refractivity contribution < 1.29 is 9.53 Å². The summed E-state index contributed by atoms with van der Waals surface area (Å²) in [6.07, 6.45) is 2.10. The van der Waals surface area contributed by atoms with E-state index in [1.165, 1.54) is 0 Å². The molecule has 0 saturated carbocycles. The van der Waals surface area contributed by atoms with E-state index in [1.807, 2.05) is 6.92 Å². The number of carbonyl (C=O) groups is 1. The van der Waals surface area contributed by atoms with Crippen LogP contribution in [0.25, 0.3) is 0 Å². The molecule has 0 aromatic rings. The Balaban J connectivity index is 3.71. The Hall–Kier alpha value is 0.260. The molecule has 3 heteroatoms. The minimum atomic E-state index is -0.154. The molecule has 0 aliphatic carbocycles. The van der Waals surface area contributed by atoms with Crippen molar-refractivity contribution in [2.24, 2.45) is 0 Å². The predicted molar refractivity (Wildman–Crippen MR) is 46.9 cm³/mol. The van der Waals surface area contributed by atoms with Gasteiger partial charge in [-0.15, -0.1) is 0 Å². The zero-order valence-corrected chi connectivity index (χ0v) is 9.75. The van der Waals surface area contributed by atoms with Crippen LogP contribution in [0.15, 0.2) is 0 Å². The first kappa shape index (κ1) is 11.3. The van der Waals surface area contributed by atoms with Gasteiger partial charge in [0.05, 0.1) is 0 Å². The fraction of sp³-hybridized carbons (Fsp3) is 0.875. The van der Waals surface area contributed by atoms with Crippen molar-refractivity contribution in [2.45, 2.75) is 35.6 Å². The van der Waals surface area contributed by atoms with Crippen LogP contribution < -0.4 is 0 Å². The van der Waals surface area contributed by atoms with Crippen LogP contribution in [0.1, 0.15) is 26.7 Å². The second-order valence-corrected chi connectivity index (χ2v) is 5.23. The molecule has 11 heavy (non-hydrogen) atoms. The van der Waals surface area contributed by atoms with E-state index in [4.69, 9.17) is 4.74 Å². The van der Waals surface area contributed by atoms with Crippen LogP contribution in [0.2, 0.25) is 8.94 Å². The van der Waals surface area contributed by atoms with E-state index in [0.29, 0.717) is 6.61 Å². The topological polar surface area (TPSA) is 26.3 Å². The summed E-state index contributed by atoms with van der Waals surface area (Å²) < 4.78 is 5.20. The molecule has 0 heterocycles. The first-order chi connectivity index (χ1) is 5.26. The Kier molecular flexibility index (Phi) is 7.10. The molecule has 0 aromatic heterocycles. The zero-order chi connectivity index (χ0) is 8.69. The van der Waals surface area contributed by atoms with Gasteiger partial charge in [0.1, 0.15) is 0 Å². The quantitative estimate of drug-likeness (QED) is 0.564. The summed E-state index contributed by atoms with van der Waals surface area (Å²) in [4.78, 5) is 13.3. The van der Waals surface area contributed by atoms with Crippen molar-refractivity contribution in [3.05, 3.63) is 0 Å². The first-order valence-electron chi connectivity index (χ1n) is 3.95. The molecule has 0 bridgehead atoms. The van der Waals surface area contributed by atoms with Gasteiger partial charge < -0.3 is 0 Å². The number of ether oxygens (including phenoxy) is 1. The maximum atomic E-state index is 11.2. The van der Waals surface area contributed by atoms with E-state index in [0.717, 1.165) is 12.8 Å². The van der Waals surface area contributed by atoms with Gasteiger partial charge >= 0.3 is 78.7 Å². The van der Waals surface area contributed by atoms with Gasteiger partial charge in [0.2, 0.25) is 0 Å². The molecule has 0 radical (unpaired) electrons. The molecule has 0 rings (SSSR count). The minimum absolute atomic E-state index is 0.0271. The molecule has 0 fully saturated rings. The Bertz CT molecular complexity index is 115. The zero-order valence-electron chi connectivity index (χ0n) is 7.42. The van der Waals surface area contributed by atoms with E-state index >= 15 is 0 Å². The van der Waals surface area contributed by atoms with Gasteiger partial charge in [0.15, 0.2) is 0 Å². The molecule has 0 aromatic carbocycles. The van der Waals surface area contributed by atoms with E-state index in [-0.39, 0.29) is 30.9 Å². The van der Waals surface area contributed by atoms with Gasteiger partial charge in [-0.25, -0.2) is 0 Å². The van der Waals surface area contributed by atoms with Gasteiger partial charge in [-0.3, -0.25) is 0 Å². The molecular formula is C8H16O2Te. The second-order valence-electron chi connectivity index (χ2n) is 2.27. The molecule has 0 aliphatic heterocycles. The van der Waals surface area contributed by atoms with Crippen LogP contribution in [0, 0.1) is 0 Å². The van der Waals surface area contributed by atoms with Crippen molar-refractivity contribution in [3.8, 4) is 0 Å². The van der Waals surface area contributed by atoms with Gasteiger partial charge in [-0.2, -0.15) is 0 Å². The fourth-order valence-electron chi connectivity index (χ4n) is 0.829. The maximum absolute atomic E-state index is 11.2. The summed E-state index contributed by atoms with van der Waals surface area (Å²) in [5.74, 6) is 0.0271. The van der Waals surface area contributed by atoms with Crippen molar-refractivity contribution in [3.63, 3.8) is 0 Å². The van der Waals surface area contributed by atoms with Crippen LogP contribution in [-0.4, -0.2) is 33.5 Å². The summed E-state index contributed by atoms with van der Waals surface area (Å²) >= 11 is -0.154. The average molecular weight is 272 g/mol. The van der Waals surface area contributed by atoms with Gasteiger partial charge in [-0.1, -0.05) is 0 Å². The van der Waals surface area contributed by atoms with E-state index < -0.39 is 0 Å². The van der Waals surface area contributed by atoms with Gasteiger partial charge in [0.25, 0.3) is 0 Å². The standard InChI is InChI=1S/C8H16O2Te/c1-4-6-7(11-3)8(9)10-5-2/h7H,4-6H2,1-3H3. The third-order valence-electron chi connectivity index (χ3n) is 1.38. The molecule has 0 N–H and O–H groups in total. The van der Waals surface area contributed by atoms with Crippen LogP contribution in [0.5, 0.6) is 0 Å². The van der Waals surface area contributed by atoms with Crippen LogP contribution >= 0.6 is 0 Å². The molecule has 0 spiro atoms. The van der Waals surface area contributed by atoms with Crippen LogP contribution in [0.3, 0.4) is 0 Å². The first-order valence-corrected chi connectivity index (χ1v) is 7.63. The summed E-state index contributed by atoms with van der Waals surface area (Å²) in [5.41, 5.74) is 0. The summed E-state index contributed by atoms with van der Waals surface area (Å²) in [6, 6.07) is 0. The molecule has 0 aliphatic rings. The summed E-state index contributed by atoms with van der Waals surface area (Å²) in [7, 11) is 0. The molecule has 1 atom stereocenters. The molecule has 2 nitrogen and oxygen atoms in total. The van der Waals surface area contributed by atoms with Crippen LogP contribution in [-0.2, 0) is 9.53 Å². The van der Waals surface area contributed by atoms with Crippen LogP contribution in [0.4, 0.5) is 0 Å². The summed E-state index contributed by atoms with van der Waals surface area (Å²) in [5, 5.41) is 0. The van der Waals surface area contributed by atoms with E-state index in [2.05, 4.69) is 11.9 Å². The Labute approximate surface area is 78.8 Å². The van der Waals surface area contributed by atoms with Gasteiger partial charge in [0, 0.05) is 0 Å². The third-order valence-corrected chi connectivity index (χ3v) is 4.23. The number of hydrogen-bond donors (Lipinski definition) is 0. The Morgan fingerprint density at radius 1 is 1.55 bits per heavy atom. The second kappa shape index (κ2) is 6.94. The van der Waals surface area contributed by atoms with Crippen molar-refractivity contribution in [2.75, 3.05) is 6.61 Å². The predicted octanol–water partition coefficient (Wildman–Crippen LogP) is 1.89. The number of esters is 1. The van der Waals surface area contributed by atoms with Gasteiger partial charge in [-0.05, 0) is 0 Å². The Morgan fingerprint density at radius 2 is 2.18 bits per heavy atom. The number of carbonyl (C=O) groups excluding carboxylic acids is 1. The van der Waals surface area contributed by atoms with E-state index in [9.17, 15) is 4.79 Å². The SMILES string of the molecule is CCCC([Te]C)C(=O)OCC. The molecule has 0 saturated heterocycles. The number of hydrogen-bond acceptors (Lipinski definition) is 2. The van der Waals surface area contributed by atoms with Crippen molar-refractivity contribution in [1.82, 2.24) is 0 Å². The van der Waals surface area contributed by atoms with E-state index in [1.54, 1.807) is 0 Å². The monoisotopic (exact) mass is 274 g/mol. The normalized spacial score (nSPS) is 12.6. The molecule has 66 valence electrons. The molecule has 1 unspecified atom stereocenters. The van der Waals surface area contributed by atoms with Crippen molar-refractivity contribution in [1.29, 1.82) is 0 Å². The van der Waals surface area contributed by atoms with Crippen molar-refractivity contribution >= 4 is 26.9 Å². The molecule has 0 amide bonds. The Morgan fingerprint density at radius 3 is 2.55 bits per heavy atom. The fourth-order valence-corrected chi connectivity index (χ4v) is 2.92. The summed E-state index contributed by atoms with van der Waals surface area (Å²) in [6.45, 7) is 4.48. The number of rotatable bonds is 5. The third kappa shape index (κ3) is 4.66. The average Bonchev–Trinajstić information content (AvgIpc) is 2.00.